The van der Waals surface area contributed by atoms with Crippen molar-refractivity contribution in [1.29, 1.82) is 0 Å². The van der Waals surface area contributed by atoms with Gasteiger partial charge in [0.1, 0.15) is 0 Å². The molecule has 8 nitrogen and oxygen atoms in total. The highest BCUT2D eigenvalue weighted by atomic mass is 16.5. The molecule has 1 aromatic carbocycles. The lowest BCUT2D eigenvalue weighted by atomic mass is 10.2. The molecule has 2 fully saturated rings. The summed E-state index contributed by atoms with van der Waals surface area (Å²) < 4.78 is 7.14. The van der Waals surface area contributed by atoms with Gasteiger partial charge in [-0.05, 0) is 5.56 Å². The maximum Gasteiger partial charge on any atom is 0.276 e. The number of carbonyl (C=O) groups is 1. The predicted molar refractivity (Wildman–Crippen MR) is 115 cm³/mol. The van der Waals surface area contributed by atoms with Gasteiger partial charge in [-0.1, -0.05) is 47.7 Å². The van der Waals surface area contributed by atoms with Crippen LogP contribution in [0.1, 0.15) is 16.1 Å². The molecule has 2 aliphatic heterocycles. The zero-order chi connectivity index (χ0) is 20.6. The molecule has 0 radical (unpaired) electrons. The first-order valence-corrected chi connectivity index (χ1v) is 10.7. The Hall–Kier alpha value is -2.55. The molecule has 3 heterocycles. The van der Waals surface area contributed by atoms with Gasteiger partial charge in [0.2, 0.25) is 0 Å². The molecule has 1 aromatic heterocycles. The predicted octanol–water partition coefficient (Wildman–Crippen LogP) is 1.08. The van der Waals surface area contributed by atoms with Gasteiger partial charge in [-0.25, -0.2) is 0 Å². The molecular weight excluding hydrogens is 380 g/mol. The van der Waals surface area contributed by atoms with Crippen molar-refractivity contribution >= 4 is 12.0 Å². The minimum absolute atomic E-state index is 0.0212. The van der Waals surface area contributed by atoms with Crippen LogP contribution in [0.5, 0.6) is 0 Å². The van der Waals surface area contributed by atoms with Gasteiger partial charge in [0.15, 0.2) is 5.69 Å². The Morgan fingerprint density at radius 1 is 0.967 bits per heavy atom. The van der Waals surface area contributed by atoms with E-state index in [9.17, 15) is 4.79 Å². The Morgan fingerprint density at radius 3 is 2.50 bits per heavy atom. The summed E-state index contributed by atoms with van der Waals surface area (Å²) in [6.07, 6.45) is 6.11. The van der Waals surface area contributed by atoms with Crippen LogP contribution >= 0.6 is 0 Å². The van der Waals surface area contributed by atoms with Crippen LogP contribution in [0.25, 0.3) is 6.08 Å². The fourth-order valence-electron chi connectivity index (χ4n) is 3.77. The van der Waals surface area contributed by atoms with Gasteiger partial charge in [-0.3, -0.25) is 19.3 Å². The number of carbonyl (C=O) groups excluding carboxylic acids is 1. The summed E-state index contributed by atoms with van der Waals surface area (Å²) in [5, 5.41) is 8.25. The van der Waals surface area contributed by atoms with Crippen molar-refractivity contribution in [2.45, 2.75) is 6.54 Å². The van der Waals surface area contributed by atoms with Crippen molar-refractivity contribution in [1.82, 2.24) is 29.7 Å². The van der Waals surface area contributed by atoms with Gasteiger partial charge in [-0.2, -0.15) is 0 Å². The maximum atomic E-state index is 12.8. The quantitative estimate of drug-likeness (QED) is 0.681. The molecule has 1 amide bonds. The van der Waals surface area contributed by atoms with Crippen LogP contribution in [0, 0.1) is 0 Å². The molecule has 0 aliphatic carbocycles. The molecule has 0 N–H and O–H groups in total. The number of ether oxygens (including phenoxy) is 1. The molecule has 2 aliphatic rings. The summed E-state index contributed by atoms with van der Waals surface area (Å²) in [5.41, 5.74) is 1.65. The lowest BCUT2D eigenvalue weighted by molar-refractivity contribution is 0.0359. The molecule has 2 saturated heterocycles. The number of piperazine rings is 1. The topological polar surface area (TPSA) is 66.7 Å². The van der Waals surface area contributed by atoms with Crippen molar-refractivity contribution < 1.29 is 9.53 Å². The number of hydrogen-bond donors (Lipinski definition) is 0. The number of morpholine rings is 1. The van der Waals surface area contributed by atoms with Crippen LogP contribution in [0.3, 0.4) is 0 Å². The number of rotatable bonds is 7. The van der Waals surface area contributed by atoms with E-state index < -0.39 is 0 Å². The molecule has 0 spiro atoms. The molecule has 8 heteroatoms. The van der Waals surface area contributed by atoms with Crippen LogP contribution in [0.4, 0.5) is 0 Å². The third-order valence-electron chi connectivity index (χ3n) is 5.64. The third kappa shape index (κ3) is 5.75. The first-order valence-electron chi connectivity index (χ1n) is 10.7. The molecule has 0 saturated carbocycles. The second-order valence-electron chi connectivity index (χ2n) is 7.73. The zero-order valence-corrected chi connectivity index (χ0v) is 17.4. The molecule has 2 aromatic rings. The van der Waals surface area contributed by atoms with Gasteiger partial charge in [0, 0.05) is 52.4 Å². The minimum atomic E-state index is -0.0212. The van der Waals surface area contributed by atoms with Crippen LogP contribution < -0.4 is 0 Å². The largest absolute Gasteiger partial charge is 0.379 e. The summed E-state index contributed by atoms with van der Waals surface area (Å²) >= 11 is 0. The Morgan fingerprint density at radius 2 is 1.73 bits per heavy atom. The third-order valence-corrected chi connectivity index (χ3v) is 5.64. The van der Waals surface area contributed by atoms with E-state index in [-0.39, 0.29) is 5.91 Å². The van der Waals surface area contributed by atoms with Gasteiger partial charge >= 0.3 is 0 Å². The lowest BCUT2D eigenvalue weighted by Gasteiger charge is -2.33. The Labute approximate surface area is 177 Å². The molecule has 0 unspecified atom stereocenters. The minimum Gasteiger partial charge on any atom is -0.379 e. The van der Waals surface area contributed by atoms with E-state index in [1.807, 2.05) is 23.1 Å². The Balaban J connectivity index is 1.20. The average molecular weight is 411 g/mol. The summed E-state index contributed by atoms with van der Waals surface area (Å²) in [6.45, 7) is 9.19. The van der Waals surface area contributed by atoms with E-state index in [1.165, 1.54) is 5.56 Å². The molecule has 0 bridgehead atoms. The van der Waals surface area contributed by atoms with Gasteiger partial charge in [0.25, 0.3) is 5.91 Å². The van der Waals surface area contributed by atoms with Crippen LogP contribution in [0.15, 0.2) is 42.6 Å². The smallest absolute Gasteiger partial charge is 0.276 e. The van der Waals surface area contributed by atoms with Crippen molar-refractivity contribution in [2.75, 3.05) is 65.6 Å². The number of hydrogen-bond acceptors (Lipinski definition) is 6. The molecule has 4 rings (SSSR count). The Kier molecular flexibility index (Phi) is 7.23. The zero-order valence-electron chi connectivity index (χ0n) is 17.4. The second-order valence-corrected chi connectivity index (χ2v) is 7.73. The highest BCUT2D eigenvalue weighted by molar-refractivity contribution is 5.92. The second kappa shape index (κ2) is 10.5. The van der Waals surface area contributed by atoms with Gasteiger partial charge in [0.05, 0.1) is 26.0 Å². The first kappa shape index (κ1) is 20.7. The van der Waals surface area contributed by atoms with Crippen LogP contribution in [0.2, 0.25) is 0 Å². The van der Waals surface area contributed by atoms with E-state index in [2.05, 4.69) is 44.4 Å². The van der Waals surface area contributed by atoms with Crippen molar-refractivity contribution in [2.24, 2.45) is 0 Å². The van der Waals surface area contributed by atoms with Crippen molar-refractivity contribution in [3.05, 3.63) is 53.9 Å². The average Bonchev–Trinajstić information content (AvgIpc) is 3.28. The maximum absolute atomic E-state index is 12.8. The fourth-order valence-corrected chi connectivity index (χ4v) is 3.77. The van der Waals surface area contributed by atoms with E-state index in [4.69, 9.17) is 4.74 Å². The normalized spacial score (nSPS) is 18.9. The first-order chi connectivity index (χ1) is 14.8. The summed E-state index contributed by atoms with van der Waals surface area (Å²) in [6, 6.07) is 10.3. The summed E-state index contributed by atoms with van der Waals surface area (Å²) in [7, 11) is 0. The van der Waals surface area contributed by atoms with Crippen molar-refractivity contribution in [3.63, 3.8) is 0 Å². The van der Waals surface area contributed by atoms with E-state index in [0.29, 0.717) is 5.69 Å². The molecular formula is C22H30N6O2. The Bertz CT molecular complexity index is 823. The molecule has 160 valence electrons. The van der Waals surface area contributed by atoms with Gasteiger partial charge in [-0.15, -0.1) is 5.10 Å². The number of nitrogens with zero attached hydrogens (tertiary/aromatic N) is 6. The molecule has 30 heavy (non-hydrogen) atoms. The monoisotopic (exact) mass is 410 g/mol. The number of benzene rings is 1. The number of amides is 1. The summed E-state index contributed by atoms with van der Waals surface area (Å²) in [4.78, 5) is 19.4. The van der Waals surface area contributed by atoms with Gasteiger partial charge < -0.3 is 9.64 Å². The highest BCUT2D eigenvalue weighted by Crippen LogP contribution is 2.08. The van der Waals surface area contributed by atoms with E-state index >= 15 is 0 Å². The fraction of sp³-hybridized carbons (Fsp3) is 0.500. The SMILES string of the molecule is O=C(c1cn(CCN2CCOCC2)nn1)N1CCN(CC=Cc2ccccc2)CC1. The van der Waals surface area contributed by atoms with E-state index in [0.717, 1.165) is 72.1 Å². The lowest BCUT2D eigenvalue weighted by Crippen LogP contribution is -2.48. The van der Waals surface area contributed by atoms with Crippen molar-refractivity contribution in [3.8, 4) is 0 Å². The highest BCUT2D eigenvalue weighted by Gasteiger charge is 2.23. The van der Waals surface area contributed by atoms with Crippen LogP contribution in [-0.4, -0.2) is 101 Å². The standard InChI is InChI=1S/C22H30N6O2/c29-22(21-19-28(24-23-21)14-11-26-15-17-30-18-16-26)27-12-9-25(10-13-27)8-4-7-20-5-2-1-3-6-20/h1-7,19H,8-18H2. The number of aromatic nitrogens is 3. The summed E-state index contributed by atoms with van der Waals surface area (Å²) in [5.74, 6) is -0.0212. The van der Waals surface area contributed by atoms with Crippen LogP contribution in [-0.2, 0) is 11.3 Å². The van der Waals surface area contributed by atoms with E-state index in [1.54, 1.807) is 10.9 Å². The molecule has 0 atom stereocenters.